The maximum absolute atomic E-state index is 16.5. The van der Waals surface area contributed by atoms with Crippen molar-refractivity contribution in [1.29, 1.82) is 0 Å². The number of nitrogens with zero attached hydrogens (tertiary/aromatic N) is 4. The van der Waals surface area contributed by atoms with Crippen molar-refractivity contribution < 1.29 is 156 Å². The fourth-order valence-electron chi connectivity index (χ4n) is 17.5. The molecule has 16 rings (SSSR count). The van der Waals surface area contributed by atoms with Gasteiger partial charge in [0.2, 0.25) is 65.2 Å². The number of carbonyl (C=O) groups is 13. The maximum atomic E-state index is 16.5. The number of benzene rings is 5. The van der Waals surface area contributed by atoms with Crippen LogP contribution in [0.15, 0.2) is 114 Å². The van der Waals surface area contributed by atoms with E-state index in [9.17, 15) is 94.5 Å². The number of carboxylic acids is 2. The van der Waals surface area contributed by atoms with Crippen LogP contribution in [0, 0.1) is 5.92 Å². The minimum atomic E-state index is -2.45. The molecule has 780 valence electrons. The molecule has 2 unspecified atom stereocenters. The third kappa shape index (κ3) is 23.8. The molecule has 0 radical (unpaired) electrons. The number of primary amides is 1. The van der Waals surface area contributed by atoms with Crippen LogP contribution in [-0.4, -0.2) is 279 Å². The Morgan fingerprint density at radius 3 is 2.03 bits per heavy atom. The number of likely N-dealkylation sites (N-methyl/N-ethyl adjacent to an activating group) is 1. The highest BCUT2D eigenvalue weighted by molar-refractivity contribution is 8.00. The molecule has 0 aliphatic carbocycles. The van der Waals surface area contributed by atoms with Gasteiger partial charge in [0.05, 0.1) is 46.9 Å². The number of aliphatic hydroxyl groups is 6. The second kappa shape index (κ2) is 45.7. The number of thioether (sulfide) groups is 1. The zero-order valence-electron chi connectivity index (χ0n) is 78.1. The Labute approximate surface area is 851 Å². The lowest BCUT2D eigenvalue weighted by atomic mass is 9.86. The minimum absolute atomic E-state index is 0.0251. The lowest BCUT2D eigenvalue weighted by Gasteiger charge is -2.49. The first-order valence-electron chi connectivity index (χ1n) is 45.2. The molecule has 9 aliphatic heterocycles. The molecule has 146 heavy (non-hydrogen) atoms. The van der Waals surface area contributed by atoms with Gasteiger partial charge in [-0.25, -0.2) is 19.1 Å². The van der Waals surface area contributed by atoms with Crippen LogP contribution in [0.3, 0.4) is 0 Å². The van der Waals surface area contributed by atoms with E-state index in [-0.39, 0.29) is 88.4 Å². The number of aliphatic hydroxyl groups excluding tert-OH is 6. The summed E-state index contributed by atoms with van der Waals surface area (Å²) < 4.78 is 40.3. The Morgan fingerprint density at radius 1 is 0.747 bits per heavy atom. The summed E-state index contributed by atoms with van der Waals surface area (Å²) in [6, 6.07) is -0.606. The number of rotatable bonds is 29. The number of β-lactam (4-membered cyclic amide) rings is 1. The fourth-order valence-corrected chi connectivity index (χ4v) is 20.2. The number of hydrogen-bond acceptors (Lipinski definition) is 37. The molecule has 49 nitrogen and oxygen atoms in total. The third-order valence-corrected chi connectivity index (χ3v) is 27.9. The maximum Gasteiger partial charge on any atom is 0.352 e. The average molecular weight is 2130 g/mol. The van der Waals surface area contributed by atoms with Crippen LogP contribution >= 0.6 is 57.9 Å². The van der Waals surface area contributed by atoms with Crippen LogP contribution < -0.4 is 94.5 Å². The number of fused-ring (bicyclic) bond motifs is 16. The normalized spacial score (nSPS) is 26.0. The summed E-state index contributed by atoms with van der Waals surface area (Å²) in [5, 5.41) is 159. The molecule has 2 aromatic heterocycles. The van der Waals surface area contributed by atoms with Gasteiger partial charge in [0.1, 0.15) is 130 Å². The molecule has 3 saturated heterocycles. The number of aliphatic carboxylic acids is 2. The molecule has 5 aromatic carbocycles. The van der Waals surface area contributed by atoms with E-state index in [1.165, 1.54) is 45.8 Å². The molecule has 11 bridgehead atoms. The highest BCUT2D eigenvalue weighted by atomic mass is 35.5. The van der Waals surface area contributed by atoms with Crippen LogP contribution in [0.25, 0.3) is 11.1 Å². The summed E-state index contributed by atoms with van der Waals surface area (Å²) in [5.41, 5.74) is 12.7. The molecule has 0 spiro atoms. The fraction of sp³-hybridized carbons (Fsp3) is 0.413. The van der Waals surface area contributed by atoms with Crippen LogP contribution in [-0.2, 0) is 101 Å². The van der Waals surface area contributed by atoms with E-state index in [1.807, 2.05) is 0 Å². The van der Waals surface area contributed by atoms with Crippen molar-refractivity contribution in [3.05, 3.63) is 168 Å². The number of carboxylic acid groups (broad SMARTS) is 2. The standard InChI is InChI=1S/C92H103Cl3N18O31S2/c1-34(2)18-47(99-5)79(126)107-66-70(120)38-10-13-51(45(93)20-38)140-53-22-40-23-54(75(53)144-90-76(74(124)73(123)55(32-114)142-90)143-59-27-92(4,98)77(125)35(3)139-59)141-52-14-11-39(21-46(52)94)71(121)67-85(132)106-63(88(134)135)43-24-50(116)44(72(122)60(43)42-19-37(9-12-49(42)115)61(81(128)108-67)105-82(129)62(40)104-80(127)48(25-56(96)117)103-84(66)131)29-100-15-16-101-57(118)26-58(119)102-28-36-8-7-17-112(30-36)31-41-33-145-87-68(86(133)113(87)69(41)89(136)137)109-83(130)65(111-138-6)64-78(95)146-91(97)110-64/h7-14,17,19-24,30,34-35,47-48,55,59,61-63,66-68,70-71,73-74,76-77,87,90,99-100,114,120-121,123-125H,15-16,18,25-29,31-33,98H2,1-6H3,(H17-,96,97,101,102,103,104,105,106,107,108,109,110,111,115,116,117,118,119,122,126,127,128,129,130,131,132,134,135,136,137)/p+1/t35-,47+,48-,55+,59-,61?,62+,63-,66+,67?,68+,70+,71+,73+,74-,76+,77+,87+,90-,92-/m0/s1. The van der Waals surface area contributed by atoms with E-state index in [0.717, 1.165) is 83.0 Å². The molecule has 54 heteroatoms. The average Bonchev–Trinajstić information content (AvgIpc) is 0.755. The predicted molar refractivity (Wildman–Crippen MR) is 512 cm³/mol. The van der Waals surface area contributed by atoms with Gasteiger partial charge in [-0.05, 0) is 116 Å². The van der Waals surface area contributed by atoms with Gasteiger partial charge < -0.3 is 165 Å². The topological polar surface area (TPSA) is 752 Å². The number of aromatic nitrogens is 2. The van der Waals surface area contributed by atoms with E-state index >= 15 is 24.0 Å². The van der Waals surface area contributed by atoms with Gasteiger partial charge in [-0.3, -0.25) is 57.6 Å². The molecule has 3 fully saturated rings. The Balaban J connectivity index is 0.775. The number of nitrogens with one attached hydrogen (secondary N) is 11. The number of oxime groups is 1. The number of thiazole rings is 1. The van der Waals surface area contributed by atoms with Crippen molar-refractivity contribution in [2.45, 2.75) is 194 Å². The Morgan fingerprint density at radius 2 is 1.40 bits per heavy atom. The lowest BCUT2D eigenvalue weighted by Crippen LogP contribution is -2.71. The predicted octanol–water partition coefficient (Wildman–Crippen LogP) is -1.21. The summed E-state index contributed by atoms with van der Waals surface area (Å²) in [4.78, 5) is 196. The largest absolute Gasteiger partial charge is 0.507 e. The number of phenols is 3. The lowest BCUT2D eigenvalue weighted by molar-refractivity contribution is -0.689. The van der Waals surface area contributed by atoms with E-state index in [4.69, 9.17) is 85.3 Å². The number of ether oxygens (including phenoxy) is 6. The number of nitrogens with two attached hydrogens (primary N) is 3. The van der Waals surface area contributed by atoms with Gasteiger partial charge in [0, 0.05) is 77.8 Å². The van der Waals surface area contributed by atoms with Crippen LogP contribution in [0.5, 0.6) is 46.0 Å². The summed E-state index contributed by atoms with van der Waals surface area (Å²) in [6.45, 7) is 4.33. The smallest absolute Gasteiger partial charge is 0.352 e. The summed E-state index contributed by atoms with van der Waals surface area (Å²) >= 11 is 22.6. The molecule has 7 aromatic rings. The quantitative estimate of drug-likeness (QED) is 0.00653. The zero-order valence-corrected chi connectivity index (χ0v) is 82.0. The molecule has 20 atom stereocenters. The minimum Gasteiger partial charge on any atom is -0.507 e. The van der Waals surface area contributed by atoms with Crippen LogP contribution in [0.1, 0.15) is 128 Å². The van der Waals surface area contributed by atoms with Gasteiger partial charge in [-0.1, -0.05) is 83.3 Å². The summed E-state index contributed by atoms with van der Waals surface area (Å²) in [5.74, 6) is -21.8. The first-order valence-corrected chi connectivity index (χ1v) is 48.2. The van der Waals surface area contributed by atoms with Gasteiger partial charge in [-0.2, -0.15) is 0 Å². The van der Waals surface area contributed by atoms with Gasteiger partial charge in [-0.15, -0.1) is 11.8 Å². The number of anilines is 1. The Bertz CT molecular complexity index is 6380. The molecule has 28 N–H and O–H groups in total. The van der Waals surface area contributed by atoms with Crippen molar-refractivity contribution in [2.24, 2.45) is 22.5 Å². The Kier molecular flexibility index (Phi) is 33.9. The second-order valence-electron chi connectivity index (χ2n) is 35.8. The molecule has 9 aliphatic rings. The SMILES string of the molecule is CN[C@H](CC(C)C)C(=O)N[C@H]1C(=O)N[C@@H](CC(N)=O)C(=O)N[C@H]2C(=O)NC3C(=O)NC(C(=O)N[C@H](C(=O)O)c4cc(O)c(CNCCNC(=O)CC(=O)NCc5ccc[n+](CC6=C(C(=O)O)N7C(=O)[C@@H](NC(=O)/C(=N\OC)c8nc(N)sc8Cl)[C@H]7SC6)c5)c(O)c4-c4cc3ccc4O)[C@H](O)c3ccc(c(Cl)c3)Oc3cc2cc(c3O[C@@H]2O[C@H](CO)[C@@H](O)[C@H](O)[C@H]2O[C@H]2C[C@](C)(N)[C@H](O)[C@H](C)O2)Oc2ccc(cc2Cl)[C@H]1O. The highest BCUT2D eigenvalue weighted by Gasteiger charge is 2.57. The third-order valence-electron chi connectivity index (χ3n) is 24.8. The zero-order chi connectivity index (χ0) is 106. The van der Waals surface area contributed by atoms with Crippen LogP contribution in [0.4, 0.5) is 5.13 Å². The number of pyridine rings is 1. The highest BCUT2D eigenvalue weighted by Crippen LogP contribution is 2.52. The number of hydrogen-bond donors (Lipinski definition) is 25. The Hall–Kier alpha value is -13.5. The van der Waals surface area contributed by atoms with Crippen molar-refractivity contribution in [3.8, 4) is 57.1 Å². The number of aromatic hydroxyl groups is 3. The van der Waals surface area contributed by atoms with E-state index in [1.54, 1.807) is 42.9 Å². The van der Waals surface area contributed by atoms with E-state index < -0.39 is 313 Å². The molecule has 11 heterocycles. The van der Waals surface area contributed by atoms with Crippen molar-refractivity contribution in [2.75, 3.05) is 45.3 Å². The summed E-state index contributed by atoms with van der Waals surface area (Å²) in [6.07, 6.45) is -16.8. The van der Waals surface area contributed by atoms with Gasteiger partial charge >= 0.3 is 11.9 Å². The number of carbonyl (C=O) groups excluding carboxylic acids is 11. The van der Waals surface area contributed by atoms with E-state index in [2.05, 4.69) is 68.6 Å². The van der Waals surface area contributed by atoms with Gasteiger partial charge in [0.15, 0.2) is 59.7 Å². The molecule has 0 saturated carbocycles. The molecular weight excluding hydrogens is 2020 g/mol. The van der Waals surface area contributed by atoms with Crippen molar-refractivity contribution in [1.82, 2.24) is 68.4 Å². The molecular formula is C92H104Cl3N18O31S2+. The van der Waals surface area contributed by atoms with Crippen molar-refractivity contribution >= 4 is 146 Å². The number of halogens is 3. The van der Waals surface area contributed by atoms with Crippen molar-refractivity contribution in [3.63, 3.8) is 0 Å². The number of amides is 11. The first kappa shape index (κ1) is 108. The molecule has 11 amide bonds. The summed E-state index contributed by atoms with van der Waals surface area (Å²) in [7, 11) is 2.63. The van der Waals surface area contributed by atoms with Crippen LogP contribution in [0.2, 0.25) is 14.4 Å². The van der Waals surface area contributed by atoms with E-state index in [0.29, 0.717) is 11.1 Å². The first-order chi connectivity index (χ1) is 69.2. The second-order valence-corrected chi connectivity index (χ2v) is 39.3. The number of nitrogen functional groups attached to an aromatic ring is 1. The van der Waals surface area contributed by atoms with Gasteiger partial charge in [0.25, 0.3) is 11.8 Å². The monoisotopic (exact) mass is 2130 g/mol. The number of phenolic OH excluding ortho intramolecular Hbond substituents is 3.